The number of carboxylic acids is 1. The molecule has 0 saturated carbocycles. The predicted molar refractivity (Wildman–Crippen MR) is 77.6 cm³/mol. The second kappa shape index (κ2) is 6.86. The van der Waals surface area contributed by atoms with E-state index >= 15 is 0 Å². The van der Waals surface area contributed by atoms with Crippen molar-refractivity contribution in [2.75, 3.05) is 0 Å². The van der Waals surface area contributed by atoms with E-state index in [2.05, 4.69) is 5.32 Å². The van der Waals surface area contributed by atoms with Gasteiger partial charge in [0, 0.05) is 4.88 Å². The standard InChI is InChI=1S/C15H15NO3S/c17-14(9-11-5-2-1-3-6-11)16-12(10-15(18)19)13-7-4-8-20-13/h1-8,12H,9-10H2,(H,16,17)(H,18,19). The molecular formula is C15H15NO3S. The first-order valence-electron chi connectivity index (χ1n) is 6.23. The van der Waals surface area contributed by atoms with Crippen LogP contribution in [0.1, 0.15) is 22.9 Å². The molecule has 2 rings (SSSR count). The molecule has 1 amide bonds. The Labute approximate surface area is 121 Å². The summed E-state index contributed by atoms with van der Waals surface area (Å²) in [6.07, 6.45) is 0.142. The van der Waals surface area contributed by atoms with E-state index in [1.54, 1.807) is 0 Å². The highest BCUT2D eigenvalue weighted by molar-refractivity contribution is 7.10. The number of nitrogens with one attached hydrogen (secondary N) is 1. The van der Waals surface area contributed by atoms with Crippen LogP contribution in [0, 0.1) is 0 Å². The molecule has 1 unspecified atom stereocenters. The number of rotatable bonds is 6. The highest BCUT2D eigenvalue weighted by atomic mass is 32.1. The van der Waals surface area contributed by atoms with Crippen LogP contribution in [0.5, 0.6) is 0 Å². The van der Waals surface area contributed by atoms with Crippen LogP contribution in [0.4, 0.5) is 0 Å². The van der Waals surface area contributed by atoms with E-state index in [9.17, 15) is 9.59 Å². The van der Waals surface area contributed by atoms with Crippen molar-refractivity contribution in [2.45, 2.75) is 18.9 Å². The zero-order chi connectivity index (χ0) is 14.4. The minimum absolute atomic E-state index is 0.110. The summed E-state index contributed by atoms with van der Waals surface area (Å²) in [6.45, 7) is 0. The monoisotopic (exact) mass is 289 g/mol. The molecule has 0 bridgehead atoms. The molecule has 1 aromatic carbocycles. The van der Waals surface area contributed by atoms with Crippen molar-refractivity contribution in [1.29, 1.82) is 0 Å². The summed E-state index contributed by atoms with van der Waals surface area (Å²) in [6, 6.07) is 12.6. The van der Waals surface area contributed by atoms with Gasteiger partial charge in [-0.05, 0) is 17.0 Å². The molecule has 0 aliphatic carbocycles. The molecule has 104 valence electrons. The van der Waals surface area contributed by atoms with Crippen LogP contribution >= 0.6 is 11.3 Å². The van der Waals surface area contributed by atoms with E-state index in [1.165, 1.54) is 11.3 Å². The maximum Gasteiger partial charge on any atom is 0.305 e. The fourth-order valence-electron chi connectivity index (χ4n) is 1.91. The fraction of sp³-hybridized carbons (Fsp3) is 0.200. The van der Waals surface area contributed by atoms with E-state index in [0.29, 0.717) is 0 Å². The molecule has 0 aliphatic rings. The third-order valence-corrected chi connectivity index (χ3v) is 3.79. The Morgan fingerprint density at radius 1 is 1.15 bits per heavy atom. The predicted octanol–water partition coefficient (Wildman–Crippen LogP) is 2.62. The van der Waals surface area contributed by atoms with Gasteiger partial charge in [0.25, 0.3) is 0 Å². The molecular weight excluding hydrogens is 274 g/mol. The minimum atomic E-state index is -0.927. The third-order valence-electron chi connectivity index (χ3n) is 2.81. The molecule has 1 heterocycles. The molecule has 4 nitrogen and oxygen atoms in total. The first-order valence-corrected chi connectivity index (χ1v) is 7.11. The van der Waals surface area contributed by atoms with Gasteiger partial charge in [-0.2, -0.15) is 0 Å². The first-order chi connectivity index (χ1) is 9.65. The molecule has 0 fully saturated rings. The number of carboxylic acid groups (broad SMARTS) is 1. The van der Waals surface area contributed by atoms with Gasteiger partial charge >= 0.3 is 5.97 Å². The SMILES string of the molecule is O=C(O)CC(NC(=O)Cc1ccccc1)c1cccs1. The second-order valence-electron chi connectivity index (χ2n) is 4.40. The molecule has 5 heteroatoms. The van der Waals surface area contributed by atoms with E-state index in [-0.39, 0.29) is 18.7 Å². The largest absolute Gasteiger partial charge is 0.481 e. The molecule has 0 saturated heterocycles. The van der Waals surface area contributed by atoms with Crippen LogP contribution < -0.4 is 5.32 Å². The quantitative estimate of drug-likeness (QED) is 0.859. The zero-order valence-electron chi connectivity index (χ0n) is 10.8. The topological polar surface area (TPSA) is 66.4 Å². The average molecular weight is 289 g/mol. The van der Waals surface area contributed by atoms with Gasteiger partial charge in [0.2, 0.25) is 5.91 Å². The summed E-state index contributed by atoms with van der Waals surface area (Å²) in [5.74, 6) is -1.10. The number of hydrogen-bond donors (Lipinski definition) is 2. The van der Waals surface area contributed by atoms with Crippen molar-refractivity contribution in [3.05, 3.63) is 58.3 Å². The number of carbonyl (C=O) groups is 2. The Morgan fingerprint density at radius 2 is 1.90 bits per heavy atom. The molecule has 0 spiro atoms. The Bertz CT molecular complexity index is 566. The van der Waals surface area contributed by atoms with Crippen LogP contribution in [0.25, 0.3) is 0 Å². The number of thiophene rings is 1. The highest BCUT2D eigenvalue weighted by Gasteiger charge is 2.18. The Kier molecular flexibility index (Phi) is 4.90. The van der Waals surface area contributed by atoms with Crippen molar-refractivity contribution in [3.63, 3.8) is 0 Å². The van der Waals surface area contributed by atoms with Crippen LogP contribution in [-0.4, -0.2) is 17.0 Å². The van der Waals surface area contributed by atoms with Gasteiger partial charge in [-0.1, -0.05) is 36.4 Å². The lowest BCUT2D eigenvalue weighted by Gasteiger charge is -2.15. The van der Waals surface area contributed by atoms with Crippen molar-refractivity contribution >= 4 is 23.2 Å². The van der Waals surface area contributed by atoms with Crippen LogP contribution in [0.15, 0.2) is 47.8 Å². The van der Waals surface area contributed by atoms with Crippen LogP contribution in [-0.2, 0) is 16.0 Å². The van der Waals surface area contributed by atoms with Crippen molar-refractivity contribution in [2.24, 2.45) is 0 Å². The van der Waals surface area contributed by atoms with Crippen molar-refractivity contribution in [3.8, 4) is 0 Å². The normalized spacial score (nSPS) is 11.8. The number of carbonyl (C=O) groups excluding carboxylic acids is 1. The zero-order valence-corrected chi connectivity index (χ0v) is 11.6. The summed E-state index contributed by atoms with van der Waals surface area (Å²) in [5.41, 5.74) is 0.908. The molecule has 0 aliphatic heterocycles. The van der Waals surface area contributed by atoms with Gasteiger partial charge < -0.3 is 10.4 Å². The van der Waals surface area contributed by atoms with E-state index in [1.807, 2.05) is 47.8 Å². The summed E-state index contributed by atoms with van der Waals surface area (Å²) in [4.78, 5) is 23.8. The molecule has 2 N–H and O–H groups in total. The van der Waals surface area contributed by atoms with Crippen molar-refractivity contribution < 1.29 is 14.7 Å². The highest BCUT2D eigenvalue weighted by Crippen LogP contribution is 2.22. The van der Waals surface area contributed by atoms with Crippen LogP contribution in [0.3, 0.4) is 0 Å². The molecule has 2 aromatic rings. The van der Waals surface area contributed by atoms with Gasteiger partial charge in [0.05, 0.1) is 18.9 Å². The van der Waals surface area contributed by atoms with Gasteiger partial charge in [-0.3, -0.25) is 9.59 Å². The van der Waals surface area contributed by atoms with E-state index in [4.69, 9.17) is 5.11 Å². The smallest absolute Gasteiger partial charge is 0.305 e. The summed E-state index contributed by atoms with van der Waals surface area (Å²) >= 11 is 1.44. The number of aliphatic carboxylic acids is 1. The Morgan fingerprint density at radius 3 is 2.50 bits per heavy atom. The van der Waals surface area contributed by atoms with Crippen molar-refractivity contribution in [1.82, 2.24) is 5.32 Å². The summed E-state index contributed by atoms with van der Waals surface area (Å²) < 4.78 is 0. The van der Waals surface area contributed by atoms with Crippen LogP contribution in [0.2, 0.25) is 0 Å². The van der Waals surface area contributed by atoms with Gasteiger partial charge in [-0.15, -0.1) is 11.3 Å². The molecule has 1 atom stereocenters. The van der Waals surface area contributed by atoms with Gasteiger partial charge in [-0.25, -0.2) is 0 Å². The maximum absolute atomic E-state index is 12.0. The number of benzene rings is 1. The maximum atomic E-state index is 12.0. The van der Waals surface area contributed by atoms with E-state index < -0.39 is 12.0 Å². The average Bonchev–Trinajstić information content (AvgIpc) is 2.92. The number of hydrogen-bond acceptors (Lipinski definition) is 3. The molecule has 0 radical (unpaired) electrons. The Hall–Kier alpha value is -2.14. The lowest BCUT2D eigenvalue weighted by Crippen LogP contribution is -2.30. The molecule has 1 aromatic heterocycles. The first kappa shape index (κ1) is 14.3. The lowest BCUT2D eigenvalue weighted by molar-refractivity contribution is -0.137. The second-order valence-corrected chi connectivity index (χ2v) is 5.38. The minimum Gasteiger partial charge on any atom is -0.481 e. The summed E-state index contributed by atoms with van der Waals surface area (Å²) in [5, 5.41) is 13.6. The Balaban J connectivity index is 2.00. The fourth-order valence-corrected chi connectivity index (χ4v) is 2.69. The van der Waals surface area contributed by atoms with Gasteiger partial charge in [0.15, 0.2) is 0 Å². The van der Waals surface area contributed by atoms with Gasteiger partial charge in [0.1, 0.15) is 0 Å². The summed E-state index contributed by atoms with van der Waals surface area (Å²) in [7, 11) is 0. The molecule has 20 heavy (non-hydrogen) atoms. The number of amides is 1. The lowest BCUT2D eigenvalue weighted by atomic mass is 10.1. The van der Waals surface area contributed by atoms with E-state index in [0.717, 1.165) is 10.4 Å². The third kappa shape index (κ3) is 4.20.